The highest BCUT2D eigenvalue weighted by Gasteiger charge is 2.06. The second-order valence-corrected chi connectivity index (χ2v) is 5.80. The fourth-order valence-corrected chi connectivity index (χ4v) is 2.78. The van der Waals surface area contributed by atoms with Gasteiger partial charge in [-0.1, -0.05) is 25.1 Å². The van der Waals surface area contributed by atoms with Gasteiger partial charge in [-0.25, -0.2) is 0 Å². The van der Waals surface area contributed by atoms with Gasteiger partial charge in [0.1, 0.15) is 5.75 Å². The van der Waals surface area contributed by atoms with E-state index >= 15 is 0 Å². The smallest absolute Gasteiger partial charge is 0.234 e. The zero-order valence-electron chi connectivity index (χ0n) is 13.0. The molecule has 0 spiro atoms. The second kappa shape index (κ2) is 8.49. The highest BCUT2D eigenvalue weighted by molar-refractivity contribution is 8.00. The summed E-state index contributed by atoms with van der Waals surface area (Å²) in [6.45, 7) is 4.70. The number of nitrogens with one attached hydrogen (secondary N) is 1. The first-order valence-electron chi connectivity index (χ1n) is 7.46. The van der Waals surface area contributed by atoms with Gasteiger partial charge in [0.15, 0.2) is 0 Å². The molecule has 2 aromatic rings. The third-order valence-electron chi connectivity index (χ3n) is 3.18. The lowest BCUT2D eigenvalue weighted by molar-refractivity contribution is -0.113. The maximum absolute atomic E-state index is 12.1. The maximum atomic E-state index is 12.1. The quantitative estimate of drug-likeness (QED) is 0.771. The molecule has 1 amide bonds. The summed E-state index contributed by atoms with van der Waals surface area (Å²) in [6.07, 6.45) is 0.905. The first-order valence-corrected chi connectivity index (χ1v) is 8.45. The summed E-state index contributed by atoms with van der Waals surface area (Å²) in [4.78, 5) is 13.1. The number of amides is 1. The number of ether oxygens (including phenoxy) is 1. The fraction of sp³-hybridized carbons (Fsp3) is 0.278. The average molecular weight is 315 g/mol. The Balaban J connectivity index is 1.87. The van der Waals surface area contributed by atoms with Crippen LogP contribution in [0, 0.1) is 0 Å². The summed E-state index contributed by atoms with van der Waals surface area (Å²) in [5, 5.41) is 2.98. The van der Waals surface area contributed by atoms with Crippen LogP contribution in [0.3, 0.4) is 0 Å². The minimum absolute atomic E-state index is 0.0137. The number of carbonyl (C=O) groups is 1. The molecular formula is C18H21NO2S. The van der Waals surface area contributed by atoms with Crippen molar-refractivity contribution in [3.8, 4) is 5.75 Å². The number of rotatable bonds is 7. The first kappa shape index (κ1) is 16.4. The zero-order valence-corrected chi connectivity index (χ0v) is 13.8. The minimum Gasteiger partial charge on any atom is -0.494 e. The molecule has 0 saturated heterocycles. The van der Waals surface area contributed by atoms with E-state index in [-0.39, 0.29) is 5.91 Å². The van der Waals surface area contributed by atoms with Crippen molar-refractivity contribution in [3.05, 3.63) is 54.1 Å². The number of carbonyl (C=O) groups excluding carboxylic acids is 1. The van der Waals surface area contributed by atoms with Crippen LogP contribution in [0.4, 0.5) is 5.69 Å². The van der Waals surface area contributed by atoms with E-state index in [4.69, 9.17) is 4.74 Å². The van der Waals surface area contributed by atoms with Gasteiger partial charge < -0.3 is 10.1 Å². The molecule has 0 radical (unpaired) electrons. The third-order valence-corrected chi connectivity index (χ3v) is 4.19. The lowest BCUT2D eigenvalue weighted by Gasteiger charge is -2.09. The summed E-state index contributed by atoms with van der Waals surface area (Å²) >= 11 is 1.52. The molecule has 0 aliphatic carbocycles. The van der Waals surface area contributed by atoms with Crippen molar-refractivity contribution < 1.29 is 9.53 Å². The van der Waals surface area contributed by atoms with Crippen molar-refractivity contribution in [1.29, 1.82) is 0 Å². The standard InChI is InChI=1S/C18H21NO2S/c1-3-14-7-5-6-8-17(14)19-18(20)13-22-16-11-9-15(10-12-16)21-4-2/h5-12H,3-4,13H2,1-2H3,(H,19,20). The van der Waals surface area contributed by atoms with E-state index in [0.29, 0.717) is 12.4 Å². The van der Waals surface area contributed by atoms with Gasteiger partial charge in [-0.15, -0.1) is 11.8 Å². The SMILES string of the molecule is CCOc1ccc(SCC(=O)Nc2ccccc2CC)cc1. The molecule has 2 rings (SSSR count). The Bertz CT molecular complexity index is 611. The molecule has 0 unspecified atom stereocenters. The minimum atomic E-state index is 0.0137. The number of thioether (sulfide) groups is 1. The molecule has 2 aromatic carbocycles. The predicted octanol–water partition coefficient (Wildman–Crippen LogP) is 4.38. The Kier molecular flexibility index (Phi) is 6.34. The van der Waals surface area contributed by atoms with Crippen molar-refractivity contribution in [2.24, 2.45) is 0 Å². The van der Waals surface area contributed by atoms with Crippen LogP contribution in [0.5, 0.6) is 5.75 Å². The molecule has 0 aromatic heterocycles. The molecule has 0 aliphatic rings. The molecule has 0 bridgehead atoms. The summed E-state index contributed by atoms with van der Waals surface area (Å²) in [5.41, 5.74) is 2.06. The van der Waals surface area contributed by atoms with Crippen LogP contribution < -0.4 is 10.1 Å². The van der Waals surface area contributed by atoms with Gasteiger partial charge in [-0.2, -0.15) is 0 Å². The van der Waals surface area contributed by atoms with Gasteiger partial charge in [0.05, 0.1) is 12.4 Å². The summed E-state index contributed by atoms with van der Waals surface area (Å²) in [7, 11) is 0. The Morgan fingerprint density at radius 1 is 1.09 bits per heavy atom. The highest BCUT2D eigenvalue weighted by Crippen LogP contribution is 2.22. The van der Waals surface area contributed by atoms with Gasteiger partial charge in [0.2, 0.25) is 5.91 Å². The Morgan fingerprint density at radius 2 is 1.82 bits per heavy atom. The van der Waals surface area contributed by atoms with Crippen molar-refractivity contribution in [2.75, 3.05) is 17.7 Å². The van der Waals surface area contributed by atoms with E-state index in [2.05, 4.69) is 12.2 Å². The Hall–Kier alpha value is -1.94. The van der Waals surface area contributed by atoms with Crippen LogP contribution in [0.2, 0.25) is 0 Å². The second-order valence-electron chi connectivity index (χ2n) is 4.75. The summed E-state index contributed by atoms with van der Waals surface area (Å²) < 4.78 is 5.40. The largest absolute Gasteiger partial charge is 0.494 e. The molecule has 0 aliphatic heterocycles. The molecule has 3 nitrogen and oxygen atoms in total. The number of benzene rings is 2. The van der Waals surface area contributed by atoms with Gasteiger partial charge in [-0.05, 0) is 49.2 Å². The molecule has 22 heavy (non-hydrogen) atoms. The average Bonchev–Trinajstić information content (AvgIpc) is 2.55. The molecule has 4 heteroatoms. The lowest BCUT2D eigenvalue weighted by atomic mass is 10.1. The van der Waals surface area contributed by atoms with Gasteiger partial charge >= 0.3 is 0 Å². The number of para-hydroxylation sites is 1. The van der Waals surface area contributed by atoms with Crippen LogP contribution in [0.15, 0.2) is 53.4 Å². The maximum Gasteiger partial charge on any atom is 0.234 e. The number of aryl methyl sites for hydroxylation is 1. The molecular weight excluding hydrogens is 294 g/mol. The van der Waals surface area contributed by atoms with Crippen LogP contribution >= 0.6 is 11.8 Å². The number of hydrogen-bond acceptors (Lipinski definition) is 3. The zero-order chi connectivity index (χ0) is 15.8. The van der Waals surface area contributed by atoms with Crippen LogP contribution in [0.1, 0.15) is 19.4 Å². The van der Waals surface area contributed by atoms with E-state index in [0.717, 1.165) is 28.3 Å². The van der Waals surface area contributed by atoms with E-state index in [1.54, 1.807) is 0 Å². The van der Waals surface area contributed by atoms with Gasteiger partial charge in [0, 0.05) is 10.6 Å². The Labute approximate surface area is 136 Å². The normalized spacial score (nSPS) is 10.3. The van der Waals surface area contributed by atoms with Gasteiger partial charge in [-0.3, -0.25) is 4.79 Å². The van der Waals surface area contributed by atoms with Crippen LogP contribution in [0.25, 0.3) is 0 Å². The van der Waals surface area contributed by atoms with E-state index in [1.165, 1.54) is 11.8 Å². The molecule has 1 N–H and O–H groups in total. The number of hydrogen-bond donors (Lipinski definition) is 1. The molecule has 0 saturated carbocycles. The van der Waals surface area contributed by atoms with Crippen molar-refractivity contribution in [1.82, 2.24) is 0 Å². The van der Waals surface area contributed by atoms with Crippen molar-refractivity contribution in [2.45, 2.75) is 25.2 Å². The number of anilines is 1. The van der Waals surface area contributed by atoms with Gasteiger partial charge in [0.25, 0.3) is 0 Å². The fourth-order valence-electron chi connectivity index (χ4n) is 2.08. The molecule has 0 atom stereocenters. The van der Waals surface area contributed by atoms with Crippen molar-refractivity contribution in [3.63, 3.8) is 0 Å². The van der Waals surface area contributed by atoms with Crippen LogP contribution in [-0.4, -0.2) is 18.3 Å². The first-order chi connectivity index (χ1) is 10.7. The van der Waals surface area contributed by atoms with E-state index in [9.17, 15) is 4.79 Å². The third kappa shape index (κ3) is 4.81. The lowest BCUT2D eigenvalue weighted by Crippen LogP contribution is -2.15. The van der Waals surface area contributed by atoms with E-state index < -0.39 is 0 Å². The van der Waals surface area contributed by atoms with Crippen LogP contribution in [-0.2, 0) is 11.2 Å². The van der Waals surface area contributed by atoms with E-state index in [1.807, 2.05) is 55.5 Å². The molecule has 116 valence electrons. The topological polar surface area (TPSA) is 38.3 Å². The monoisotopic (exact) mass is 315 g/mol. The summed E-state index contributed by atoms with van der Waals surface area (Å²) in [5.74, 6) is 1.26. The highest BCUT2D eigenvalue weighted by atomic mass is 32.2. The Morgan fingerprint density at radius 3 is 2.50 bits per heavy atom. The molecule has 0 heterocycles. The summed E-state index contributed by atoms with van der Waals surface area (Å²) in [6, 6.07) is 15.7. The predicted molar refractivity (Wildman–Crippen MR) is 92.8 cm³/mol. The molecule has 0 fully saturated rings. The van der Waals surface area contributed by atoms with Crippen molar-refractivity contribution >= 4 is 23.4 Å².